The van der Waals surface area contributed by atoms with Gasteiger partial charge in [-0.05, 0) is 20.9 Å². The van der Waals surface area contributed by atoms with Crippen LogP contribution < -0.4 is 5.32 Å². The number of aliphatic hydroxyl groups is 1. The number of hydrogen-bond acceptors (Lipinski definition) is 4. The molecular weight excluding hydrogens is 154 g/mol. The summed E-state index contributed by atoms with van der Waals surface area (Å²) in [6.45, 7) is 3.62. The predicted octanol–water partition coefficient (Wildman–Crippen LogP) is 0.490. The molecule has 0 spiro atoms. The van der Waals surface area contributed by atoms with Gasteiger partial charge in [0.15, 0.2) is 4.27 Å². The van der Waals surface area contributed by atoms with Crippen LogP contribution in [0.3, 0.4) is 0 Å². The van der Waals surface area contributed by atoms with Gasteiger partial charge in [-0.1, -0.05) is 0 Å². The molecule has 2 nitrogen and oxygen atoms in total. The predicted molar refractivity (Wildman–Crippen MR) is 46.1 cm³/mol. The van der Waals surface area contributed by atoms with Crippen LogP contribution in [0.15, 0.2) is 0 Å². The van der Waals surface area contributed by atoms with E-state index in [-0.39, 0.29) is 0 Å². The first-order chi connectivity index (χ1) is 3.81. The third kappa shape index (κ3) is 2.37. The largest absolute Gasteiger partial charge is 0.369 e. The molecule has 0 fully saturated rings. The topological polar surface area (TPSA) is 32.3 Å². The van der Waals surface area contributed by atoms with Crippen LogP contribution in [0.1, 0.15) is 13.8 Å². The van der Waals surface area contributed by atoms with Gasteiger partial charge < -0.3 is 10.4 Å². The normalized spacial score (nSPS) is 14.0. The van der Waals surface area contributed by atoms with Gasteiger partial charge in [-0.2, -0.15) is 0 Å². The SMILES string of the molecule is CNC(C)(C)C(O)(S)S. The highest BCUT2D eigenvalue weighted by atomic mass is 32.2. The Hall–Kier alpha value is 0.620. The molecule has 56 valence electrons. The van der Waals surface area contributed by atoms with Gasteiger partial charge in [0.2, 0.25) is 0 Å². The Labute approximate surface area is 66.9 Å². The van der Waals surface area contributed by atoms with Crippen LogP contribution in [-0.4, -0.2) is 22.0 Å². The van der Waals surface area contributed by atoms with E-state index in [2.05, 4.69) is 30.6 Å². The van der Waals surface area contributed by atoms with Crippen molar-refractivity contribution in [3.63, 3.8) is 0 Å². The first kappa shape index (κ1) is 9.62. The third-order valence-electron chi connectivity index (χ3n) is 1.46. The van der Waals surface area contributed by atoms with Crippen molar-refractivity contribution >= 4 is 25.3 Å². The molecule has 0 heterocycles. The second kappa shape index (κ2) is 2.70. The minimum atomic E-state index is -1.28. The Kier molecular flexibility index (Phi) is 2.88. The molecule has 0 amide bonds. The highest BCUT2D eigenvalue weighted by molar-refractivity contribution is 8.00. The lowest BCUT2D eigenvalue weighted by atomic mass is 10.1. The Balaban J connectivity index is 4.14. The van der Waals surface area contributed by atoms with Crippen LogP contribution >= 0.6 is 25.3 Å². The molecule has 0 aromatic carbocycles. The monoisotopic (exact) mass is 167 g/mol. The maximum atomic E-state index is 9.21. The van der Waals surface area contributed by atoms with E-state index < -0.39 is 9.80 Å². The van der Waals surface area contributed by atoms with E-state index in [9.17, 15) is 5.11 Å². The van der Waals surface area contributed by atoms with Gasteiger partial charge in [0, 0.05) is 0 Å². The first-order valence-corrected chi connectivity index (χ1v) is 3.57. The Morgan fingerprint density at radius 3 is 1.67 bits per heavy atom. The van der Waals surface area contributed by atoms with Gasteiger partial charge in [-0.3, -0.25) is 0 Å². The van der Waals surface area contributed by atoms with E-state index >= 15 is 0 Å². The molecule has 0 bridgehead atoms. The van der Waals surface area contributed by atoms with Crippen LogP contribution in [0, 0.1) is 0 Å². The molecule has 0 unspecified atom stereocenters. The Morgan fingerprint density at radius 2 is 1.67 bits per heavy atom. The highest BCUT2D eigenvalue weighted by Gasteiger charge is 2.35. The lowest BCUT2D eigenvalue weighted by Crippen LogP contribution is -2.51. The molecule has 0 rings (SSSR count). The summed E-state index contributed by atoms with van der Waals surface area (Å²) >= 11 is 7.75. The van der Waals surface area contributed by atoms with Crippen LogP contribution in [0.4, 0.5) is 0 Å². The Bertz CT molecular complexity index is 97.6. The summed E-state index contributed by atoms with van der Waals surface area (Å²) < 4.78 is -1.28. The second-order valence-electron chi connectivity index (χ2n) is 2.51. The number of thiol groups is 2. The van der Waals surface area contributed by atoms with Crippen LogP contribution in [0.2, 0.25) is 0 Å². The first-order valence-electron chi connectivity index (χ1n) is 2.67. The van der Waals surface area contributed by atoms with Gasteiger partial charge in [-0.15, -0.1) is 25.3 Å². The van der Waals surface area contributed by atoms with E-state index in [1.807, 2.05) is 13.8 Å². The van der Waals surface area contributed by atoms with Gasteiger partial charge in [0.1, 0.15) is 0 Å². The lowest BCUT2D eigenvalue weighted by Gasteiger charge is -2.34. The zero-order valence-corrected chi connectivity index (χ0v) is 7.63. The number of likely N-dealkylation sites (N-methyl/N-ethyl adjacent to an activating group) is 1. The van der Waals surface area contributed by atoms with Gasteiger partial charge in [0.25, 0.3) is 0 Å². The molecule has 0 aliphatic rings. The molecule has 0 aromatic rings. The molecule has 2 N–H and O–H groups in total. The fraction of sp³-hybridized carbons (Fsp3) is 1.00. The summed E-state index contributed by atoms with van der Waals surface area (Å²) in [5, 5.41) is 12.1. The summed E-state index contributed by atoms with van der Waals surface area (Å²) in [6.07, 6.45) is 0. The van der Waals surface area contributed by atoms with Gasteiger partial charge >= 0.3 is 0 Å². The van der Waals surface area contributed by atoms with Gasteiger partial charge in [-0.25, -0.2) is 0 Å². The highest BCUT2D eigenvalue weighted by Crippen LogP contribution is 2.28. The molecule has 0 aliphatic carbocycles. The van der Waals surface area contributed by atoms with E-state index in [4.69, 9.17) is 0 Å². The quantitative estimate of drug-likeness (QED) is 0.356. The zero-order chi connectivity index (χ0) is 7.71. The molecule has 0 saturated carbocycles. The van der Waals surface area contributed by atoms with E-state index in [0.29, 0.717) is 0 Å². The molecular formula is C5H13NOS2. The van der Waals surface area contributed by atoms with Crippen molar-refractivity contribution in [1.82, 2.24) is 5.32 Å². The number of rotatable bonds is 2. The molecule has 0 aromatic heterocycles. The van der Waals surface area contributed by atoms with Crippen molar-refractivity contribution in [2.24, 2.45) is 0 Å². The summed E-state index contributed by atoms with van der Waals surface area (Å²) in [7, 11) is 1.75. The number of hydrogen-bond donors (Lipinski definition) is 4. The van der Waals surface area contributed by atoms with E-state index in [0.717, 1.165) is 0 Å². The maximum absolute atomic E-state index is 9.21. The smallest absolute Gasteiger partial charge is 0.169 e. The summed E-state index contributed by atoms with van der Waals surface area (Å²) in [4.78, 5) is 0. The third-order valence-corrected chi connectivity index (χ3v) is 2.58. The zero-order valence-electron chi connectivity index (χ0n) is 5.84. The van der Waals surface area contributed by atoms with Crippen molar-refractivity contribution in [1.29, 1.82) is 0 Å². The van der Waals surface area contributed by atoms with Crippen molar-refractivity contribution in [3.8, 4) is 0 Å². The standard InChI is InChI=1S/C5H13NOS2/c1-4(2,6-3)5(7,8)9/h6-9H,1-3H3. The summed E-state index contributed by atoms with van der Waals surface area (Å²) in [5.41, 5.74) is -0.487. The van der Waals surface area contributed by atoms with Crippen molar-refractivity contribution in [2.75, 3.05) is 7.05 Å². The van der Waals surface area contributed by atoms with Crippen molar-refractivity contribution in [3.05, 3.63) is 0 Å². The number of nitrogens with one attached hydrogen (secondary N) is 1. The van der Waals surface area contributed by atoms with E-state index in [1.165, 1.54) is 0 Å². The van der Waals surface area contributed by atoms with Crippen LogP contribution in [0.5, 0.6) is 0 Å². The van der Waals surface area contributed by atoms with E-state index in [1.54, 1.807) is 7.05 Å². The fourth-order valence-electron chi connectivity index (χ4n) is 0.168. The maximum Gasteiger partial charge on any atom is 0.169 e. The van der Waals surface area contributed by atoms with Gasteiger partial charge in [0.05, 0.1) is 5.54 Å². The van der Waals surface area contributed by atoms with Crippen LogP contribution in [-0.2, 0) is 0 Å². The molecule has 0 aliphatic heterocycles. The average Bonchev–Trinajstić information content (AvgIpc) is 1.64. The second-order valence-corrected chi connectivity index (χ2v) is 4.16. The minimum Gasteiger partial charge on any atom is -0.369 e. The minimum absolute atomic E-state index is 0.487. The molecule has 0 atom stereocenters. The average molecular weight is 167 g/mol. The van der Waals surface area contributed by atoms with Crippen molar-refractivity contribution in [2.45, 2.75) is 23.7 Å². The lowest BCUT2D eigenvalue weighted by molar-refractivity contribution is 0.137. The molecule has 0 saturated heterocycles. The summed E-state index contributed by atoms with van der Waals surface area (Å²) in [5.74, 6) is 0. The molecule has 0 radical (unpaired) electrons. The van der Waals surface area contributed by atoms with Crippen molar-refractivity contribution < 1.29 is 5.11 Å². The van der Waals surface area contributed by atoms with Crippen LogP contribution in [0.25, 0.3) is 0 Å². The fourth-order valence-corrected chi connectivity index (χ4v) is 0.391. The molecule has 9 heavy (non-hydrogen) atoms. The molecule has 4 heteroatoms. The Morgan fingerprint density at radius 1 is 1.33 bits per heavy atom. The summed E-state index contributed by atoms with van der Waals surface area (Å²) in [6, 6.07) is 0.